The standard InChI is InChI=1S/C16H23N3O/c1-4-19-15(8-9-18-19)11-17-14-6-5-7-16(10-14)20-12-13(2)3/h5-10,13,17H,4,11-12H2,1-3H3. The van der Waals surface area contributed by atoms with Crippen molar-refractivity contribution in [2.75, 3.05) is 11.9 Å². The first-order chi connectivity index (χ1) is 9.69. The first kappa shape index (κ1) is 14.4. The predicted molar refractivity (Wildman–Crippen MR) is 82.0 cm³/mol. The van der Waals surface area contributed by atoms with E-state index < -0.39 is 0 Å². The Morgan fingerprint density at radius 2 is 2.15 bits per heavy atom. The highest BCUT2D eigenvalue weighted by atomic mass is 16.5. The molecule has 0 fully saturated rings. The van der Waals surface area contributed by atoms with Crippen molar-refractivity contribution in [1.29, 1.82) is 0 Å². The van der Waals surface area contributed by atoms with Gasteiger partial charge in [-0.2, -0.15) is 5.10 Å². The van der Waals surface area contributed by atoms with E-state index in [4.69, 9.17) is 4.74 Å². The third kappa shape index (κ3) is 4.02. The van der Waals surface area contributed by atoms with Gasteiger partial charge in [0.05, 0.1) is 18.8 Å². The Hall–Kier alpha value is -1.97. The van der Waals surface area contributed by atoms with Gasteiger partial charge in [0.15, 0.2) is 0 Å². The molecule has 0 aliphatic heterocycles. The summed E-state index contributed by atoms with van der Waals surface area (Å²) in [5, 5.41) is 7.67. The van der Waals surface area contributed by atoms with Gasteiger partial charge in [0, 0.05) is 24.5 Å². The monoisotopic (exact) mass is 273 g/mol. The van der Waals surface area contributed by atoms with Gasteiger partial charge in [-0.15, -0.1) is 0 Å². The first-order valence-corrected chi connectivity index (χ1v) is 7.16. The number of rotatable bonds is 7. The Bertz CT molecular complexity index is 534. The number of ether oxygens (including phenoxy) is 1. The minimum atomic E-state index is 0.533. The molecule has 0 spiro atoms. The fourth-order valence-electron chi connectivity index (χ4n) is 1.95. The summed E-state index contributed by atoms with van der Waals surface area (Å²) in [7, 11) is 0. The van der Waals surface area contributed by atoms with Gasteiger partial charge in [-0.1, -0.05) is 19.9 Å². The molecule has 108 valence electrons. The van der Waals surface area contributed by atoms with Crippen molar-refractivity contribution in [3.63, 3.8) is 0 Å². The van der Waals surface area contributed by atoms with Crippen LogP contribution < -0.4 is 10.1 Å². The summed E-state index contributed by atoms with van der Waals surface area (Å²) < 4.78 is 7.72. The van der Waals surface area contributed by atoms with Gasteiger partial charge < -0.3 is 10.1 Å². The summed E-state index contributed by atoms with van der Waals surface area (Å²) in [5.41, 5.74) is 2.25. The van der Waals surface area contributed by atoms with Crippen LogP contribution in [-0.4, -0.2) is 16.4 Å². The van der Waals surface area contributed by atoms with Crippen LogP contribution in [0.4, 0.5) is 5.69 Å². The highest BCUT2D eigenvalue weighted by molar-refractivity contribution is 5.48. The summed E-state index contributed by atoms with van der Waals surface area (Å²) in [6.45, 7) is 8.79. The molecule has 20 heavy (non-hydrogen) atoms. The number of nitrogens with one attached hydrogen (secondary N) is 1. The number of nitrogens with zero attached hydrogens (tertiary/aromatic N) is 2. The maximum atomic E-state index is 5.73. The Morgan fingerprint density at radius 1 is 1.30 bits per heavy atom. The Morgan fingerprint density at radius 3 is 2.90 bits per heavy atom. The molecule has 1 N–H and O–H groups in total. The molecule has 2 rings (SSSR count). The molecule has 0 unspecified atom stereocenters. The molecular weight excluding hydrogens is 250 g/mol. The van der Waals surface area contributed by atoms with E-state index >= 15 is 0 Å². The van der Waals surface area contributed by atoms with E-state index in [9.17, 15) is 0 Å². The third-order valence-electron chi connectivity index (χ3n) is 3.00. The van der Waals surface area contributed by atoms with E-state index in [0.29, 0.717) is 5.92 Å². The minimum absolute atomic E-state index is 0.533. The van der Waals surface area contributed by atoms with Crippen LogP contribution >= 0.6 is 0 Å². The van der Waals surface area contributed by atoms with Crippen molar-refractivity contribution in [3.05, 3.63) is 42.2 Å². The molecule has 0 radical (unpaired) electrons. The zero-order valence-corrected chi connectivity index (χ0v) is 12.5. The number of aryl methyl sites for hydroxylation is 1. The number of hydrogen-bond acceptors (Lipinski definition) is 3. The van der Waals surface area contributed by atoms with Crippen LogP contribution in [0.25, 0.3) is 0 Å². The van der Waals surface area contributed by atoms with E-state index in [-0.39, 0.29) is 0 Å². The molecule has 0 aliphatic carbocycles. The van der Waals surface area contributed by atoms with Crippen LogP contribution in [-0.2, 0) is 13.1 Å². The predicted octanol–water partition coefficient (Wildman–Crippen LogP) is 3.55. The van der Waals surface area contributed by atoms with Gasteiger partial charge in [-0.05, 0) is 31.0 Å². The van der Waals surface area contributed by atoms with E-state index in [1.807, 2.05) is 35.1 Å². The van der Waals surface area contributed by atoms with Gasteiger partial charge in [0.25, 0.3) is 0 Å². The number of hydrogen-bond donors (Lipinski definition) is 1. The van der Waals surface area contributed by atoms with Crippen LogP contribution in [0, 0.1) is 5.92 Å². The average Bonchev–Trinajstić information content (AvgIpc) is 2.91. The summed E-state index contributed by atoms with van der Waals surface area (Å²) in [6, 6.07) is 10.1. The van der Waals surface area contributed by atoms with Crippen molar-refractivity contribution in [2.45, 2.75) is 33.9 Å². The van der Waals surface area contributed by atoms with Crippen LogP contribution in [0.3, 0.4) is 0 Å². The van der Waals surface area contributed by atoms with Gasteiger partial charge in [-0.25, -0.2) is 0 Å². The van der Waals surface area contributed by atoms with Crippen molar-refractivity contribution in [1.82, 2.24) is 9.78 Å². The summed E-state index contributed by atoms with van der Waals surface area (Å²) >= 11 is 0. The van der Waals surface area contributed by atoms with Crippen molar-refractivity contribution < 1.29 is 4.74 Å². The fourth-order valence-corrected chi connectivity index (χ4v) is 1.95. The lowest BCUT2D eigenvalue weighted by molar-refractivity contribution is 0.271. The molecule has 1 aromatic carbocycles. The third-order valence-corrected chi connectivity index (χ3v) is 3.00. The van der Waals surface area contributed by atoms with Crippen molar-refractivity contribution in [3.8, 4) is 5.75 Å². The van der Waals surface area contributed by atoms with Crippen LogP contribution in [0.2, 0.25) is 0 Å². The Kier molecular flexibility index (Phi) is 5.04. The number of aromatic nitrogens is 2. The Labute approximate surface area is 120 Å². The molecular formula is C16H23N3O. The maximum Gasteiger partial charge on any atom is 0.121 e. The summed E-state index contributed by atoms with van der Waals surface area (Å²) in [5.74, 6) is 1.44. The van der Waals surface area contributed by atoms with E-state index in [1.165, 1.54) is 5.69 Å². The van der Waals surface area contributed by atoms with Crippen LogP contribution in [0.1, 0.15) is 26.5 Å². The molecule has 1 heterocycles. The number of benzene rings is 1. The van der Waals surface area contributed by atoms with E-state index in [1.54, 1.807) is 0 Å². The molecule has 4 heteroatoms. The molecule has 0 saturated carbocycles. The molecule has 0 bridgehead atoms. The summed E-state index contributed by atoms with van der Waals surface area (Å²) in [4.78, 5) is 0. The zero-order chi connectivity index (χ0) is 14.4. The highest BCUT2D eigenvalue weighted by Gasteiger charge is 2.02. The lowest BCUT2D eigenvalue weighted by Gasteiger charge is -2.11. The average molecular weight is 273 g/mol. The second-order valence-corrected chi connectivity index (χ2v) is 5.22. The van der Waals surface area contributed by atoms with Crippen molar-refractivity contribution in [2.24, 2.45) is 5.92 Å². The van der Waals surface area contributed by atoms with Crippen LogP contribution in [0.15, 0.2) is 36.5 Å². The van der Waals surface area contributed by atoms with Gasteiger partial charge >= 0.3 is 0 Å². The molecule has 4 nitrogen and oxygen atoms in total. The lowest BCUT2D eigenvalue weighted by Crippen LogP contribution is -2.08. The maximum absolute atomic E-state index is 5.73. The smallest absolute Gasteiger partial charge is 0.121 e. The molecule has 0 saturated heterocycles. The minimum Gasteiger partial charge on any atom is -0.493 e. The quantitative estimate of drug-likeness (QED) is 0.838. The molecule has 0 atom stereocenters. The Balaban J connectivity index is 1.94. The molecule has 1 aromatic heterocycles. The molecule has 2 aromatic rings. The SMILES string of the molecule is CCn1nccc1CNc1cccc(OCC(C)C)c1. The summed E-state index contributed by atoms with van der Waals surface area (Å²) in [6.07, 6.45) is 1.84. The van der Waals surface area contributed by atoms with E-state index in [0.717, 1.165) is 31.1 Å². The second kappa shape index (κ2) is 6.98. The van der Waals surface area contributed by atoms with Gasteiger partial charge in [0.1, 0.15) is 5.75 Å². The van der Waals surface area contributed by atoms with Gasteiger partial charge in [0.2, 0.25) is 0 Å². The fraction of sp³-hybridized carbons (Fsp3) is 0.438. The van der Waals surface area contributed by atoms with E-state index in [2.05, 4.69) is 37.3 Å². The molecule has 0 amide bonds. The lowest BCUT2D eigenvalue weighted by atomic mass is 10.2. The van der Waals surface area contributed by atoms with Gasteiger partial charge in [-0.3, -0.25) is 4.68 Å². The molecule has 0 aliphatic rings. The normalized spacial score (nSPS) is 10.8. The number of anilines is 1. The van der Waals surface area contributed by atoms with Crippen molar-refractivity contribution >= 4 is 5.69 Å². The second-order valence-electron chi connectivity index (χ2n) is 5.22. The first-order valence-electron chi connectivity index (χ1n) is 7.16. The largest absolute Gasteiger partial charge is 0.493 e. The van der Waals surface area contributed by atoms with Crippen LogP contribution in [0.5, 0.6) is 5.75 Å². The topological polar surface area (TPSA) is 39.1 Å². The zero-order valence-electron chi connectivity index (χ0n) is 12.5. The highest BCUT2D eigenvalue weighted by Crippen LogP contribution is 2.18.